The summed E-state index contributed by atoms with van der Waals surface area (Å²) >= 11 is 1.11. The molecule has 0 aromatic rings. The zero-order chi connectivity index (χ0) is 24.3. The number of carbonyl (C=O) groups excluding carboxylic acids is 1. The fraction of sp³-hybridized carbons (Fsp3) is 0.929. The minimum Gasteiger partial charge on any atom is -0.391 e. The summed E-state index contributed by atoms with van der Waals surface area (Å²) in [6.45, 7) is 11.9. The van der Waals surface area contributed by atoms with Crippen molar-refractivity contribution in [1.82, 2.24) is 4.90 Å². The van der Waals surface area contributed by atoms with Crippen molar-refractivity contribution in [1.29, 1.82) is 5.26 Å². The molecule has 0 bridgehead atoms. The van der Waals surface area contributed by atoms with Gasteiger partial charge in [0.15, 0.2) is 0 Å². The van der Waals surface area contributed by atoms with Crippen LogP contribution in [-0.4, -0.2) is 59.0 Å². The highest BCUT2D eigenvalue weighted by atomic mass is 32.2. The first-order valence-corrected chi connectivity index (χ1v) is 14.7. The van der Waals surface area contributed by atoms with Crippen LogP contribution in [-0.2, 0) is 9.53 Å². The molecule has 4 aliphatic carbocycles. The molecule has 6 heteroatoms. The Bertz CT molecular complexity index is 842. The van der Waals surface area contributed by atoms with E-state index in [0.717, 1.165) is 57.1 Å². The number of thioether (sulfide) groups is 1. The lowest BCUT2D eigenvalue weighted by Crippen LogP contribution is -2.62. The van der Waals surface area contributed by atoms with Crippen molar-refractivity contribution < 1.29 is 14.6 Å². The number of rotatable bonds is 4. The number of ether oxygens (including phenoxy) is 1. The lowest BCUT2D eigenvalue weighted by Gasteiger charge is -2.63. The first-order valence-electron chi connectivity index (χ1n) is 13.7. The molecule has 5 rings (SSSR count). The molecule has 3 unspecified atom stereocenters. The van der Waals surface area contributed by atoms with Gasteiger partial charge in [-0.25, -0.2) is 0 Å². The van der Waals surface area contributed by atoms with Gasteiger partial charge in [0.1, 0.15) is 11.2 Å². The number of nitriles is 1. The van der Waals surface area contributed by atoms with E-state index in [9.17, 15) is 9.90 Å². The van der Waals surface area contributed by atoms with E-state index >= 15 is 0 Å². The molecule has 0 spiro atoms. The summed E-state index contributed by atoms with van der Waals surface area (Å²) in [5, 5.41) is 22.3. The fourth-order valence-electron chi connectivity index (χ4n) is 9.72. The second-order valence-electron chi connectivity index (χ2n) is 13.3. The number of ketones is 1. The quantitative estimate of drug-likeness (QED) is 0.569. The zero-order valence-electron chi connectivity index (χ0n) is 21.6. The van der Waals surface area contributed by atoms with Gasteiger partial charge in [-0.2, -0.15) is 5.26 Å². The van der Waals surface area contributed by atoms with Crippen molar-refractivity contribution in [2.75, 3.05) is 25.4 Å². The number of morpholine rings is 1. The Labute approximate surface area is 210 Å². The molecule has 0 radical (unpaired) electrons. The molecule has 5 nitrogen and oxygen atoms in total. The van der Waals surface area contributed by atoms with Gasteiger partial charge < -0.3 is 9.84 Å². The van der Waals surface area contributed by atoms with Gasteiger partial charge in [-0.05, 0) is 111 Å². The molecular formula is C28H44N2O3S. The third-order valence-electron chi connectivity index (χ3n) is 11.3. The molecule has 34 heavy (non-hydrogen) atoms. The number of hydrogen-bond acceptors (Lipinski definition) is 6. The van der Waals surface area contributed by atoms with E-state index in [2.05, 4.69) is 38.0 Å². The molecule has 1 heterocycles. The van der Waals surface area contributed by atoms with Crippen LogP contribution < -0.4 is 0 Å². The Morgan fingerprint density at radius 1 is 1.12 bits per heavy atom. The number of fused-ring (bicyclic) bond motifs is 5. The summed E-state index contributed by atoms with van der Waals surface area (Å²) in [5.74, 6) is 3.47. The maximum Gasteiger partial charge on any atom is 0.147 e. The largest absolute Gasteiger partial charge is 0.391 e. The molecule has 1 saturated heterocycles. The number of nitrogens with zero attached hydrogens (tertiary/aromatic N) is 2. The molecule has 9 atom stereocenters. The SMILES string of the molecule is CC1(C)CN(C2C[C@@]3(C)C(CC[C@H]4[C@@H]5CC[C@H](C(=O)CSC#N)[C@@]5(C)CC[C@@H]43)CC2O)CCO1. The number of hydrogen-bond donors (Lipinski definition) is 1. The summed E-state index contributed by atoms with van der Waals surface area (Å²) in [5.41, 5.74) is 0.237. The molecule has 4 saturated carbocycles. The van der Waals surface area contributed by atoms with Gasteiger partial charge in [-0.3, -0.25) is 9.69 Å². The Hall–Kier alpha value is -0.610. The summed E-state index contributed by atoms with van der Waals surface area (Å²) in [7, 11) is 0. The van der Waals surface area contributed by atoms with Crippen LogP contribution in [0.4, 0.5) is 0 Å². The standard InChI is InChI=1S/C28H44N2O3S/c1-26(2)16-30(11-12-33-26)23-14-28(4)18(13-24(23)31)5-6-19-20-7-8-22(25(32)15-34-17-29)27(20,3)10-9-21(19)28/h18-24,31H,5-16H2,1-4H3/t18?,19-,20-,21-,22+,23?,24?,27-,28-/m0/s1. The van der Waals surface area contributed by atoms with E-state index in [1.807, 2.05) is 0 Å². The van der Waals surface area contributed by atoms with Crippen LogP contribution in [0.2, 0.25) is 0 Å². The number of aliphatic hydroxyl groups is 1. The summed E-state index contributed by atoms with van der Waals surface area (Å²) in [6.07, 6.45) is 8.85. The lowest BCUT2D eigenvalue weighted by molar-refractivity contribution is -0.169. The van der Waals surface area contributed by atoms with Gasteiger partial charge >= 0.3 is 0 Å². The van der Waals surface area contributed by atoms with E-state index < -0.39 is 0 Å². The third-order valence-corrected chi connectivity index (χ3v) is 11.8. The number of thiocyanates is 1. The highest BCUT2D eigenvalue weighted by molar-refractivity contribution is 8.04. The molecule has 190 valence electrons. The Balaban J connectivity index is 1.35. The summed E-state index contributed by atoms with van der Waals surface area (Å²) < 4.78 is 5.98. The van der Waals surface area contributed by atoms with Crippen LogP contribution in [0, 0.1) is 51.1 Å². The highest BCUT2D eigenvalue weighted by Crippen LogP contribution is 2.67. The molecule has 0 aromatic heterocycles. The Morgan fingerprint density at radius 2 is 1.88 bits per heavy atom. The maximum atomic E-state index is 13.0. The lowest BCUT2D eigenvalue weighted by atomic mass is 9.44. The van der Waals surface area contributed by atoms with Crippen LogP contribution in [0.1, 0.15) is 79.1 Å². The molecule has 5 fully saturated rings. The van der Waals surface area contributed by atoms with Crippen LogP contribution in [0.25, 0.3) is 0 Å². The van der Waals surface area contributed by atoms with E-state index in [0.29, 0.717) is 35.2 Å². The van der Waals surface area contributed by atoms with Crippen LogP contribution in [0.15, 0.2) is 0 Å². The second-order valence-corrected chi connectivity index (χ2v) is 14.1. The first kappa shape index (κ1) is 25.1. The van der Waals surface area contributed by atoms with Gasteiger partial charge in [0.05, 0.1) is 24.1 Å². The second kappa shape index (κ2) is 9.05. The summed E-state index contributed by atoms with van der Waals surface area (Å²) in [6, 6.07) is 0.234. The van der Waals surface area contributed by atoms with Crippen LogP contribution >= 0.6 is 11.8 Å². The minimum atomic E-state index is -0.233. The van der Waals surface area contributed by atoms with Crippen molar-refractivity contribution in [2.24, 2.45) is 40.4 Å². The first-order chi connectivity index (χ1) is 16.1. The van der Waals surface area contributed by atoms with Crippen molar-refractivity contribution in [3.63, 3.8) is 0 Å². The highest BCUT2D eigenvalue weighted by Gasteiger charge is 2.62. The fourth-order valence-corrected chi connectivity index (χ4v) is 10.1. The van der Waals surface area contributed by atoms with Crippen molar-refractivity contribution >= 4 is 17.5 Å². The predicted molar refractivity (Wildman–Crippen MR) is 135 cm³/mol. The van der Waals surface area contributed by atoms with E-state index in [-0.39, 0.29) is 34.5 Å². The van der Waals surface area contributed by atoms with Gasteiger partial charge in [-0.15, -0.1) is 0 Å². The molecule has 1 aliphatic heterocycles. The number of carbonyl (C=O) groups is 1. The average molecular weight is 489 g/mol. The molecular weight excluding hydrogens is 444 g/mol. The van der Waals surface area contributed by atoms with E-state index in [1.165, 1.54) is 25.7 Å². The van der Waals surface area contributed by atoms with Crippen molar-refractivity contribution in [3.05, 3.63) is 0 Å². The molecule has 5 aliphatic rings. The topological polar surface area (TPSA) is 73.6 Å². The maximum absolute atomic E-state index is 13.0. The minimum absolute atomic E-state index is 0.110. The van der Waals surface area contributed by atoms with E-state index in [4.69, 9.17) is 10.00 Å². The zero-order valence-corrected chi connectivity index (χ0v) is 22.4. The average Bonchev–Trinajstić information content (AvgIpc) is 3.14. The van der Waals surface area contributed by atoms with Gasteiger partial charge in [-0.1, -0.05) is 13.8 Å². The monoisotopic (exact) mass is 488 g/mol. The van der Waals surface area contributed by atoms with Gasteiger partial charge in [0.2, 0.25) is 0 Å². The van der Waals surface area contributed by atoms with Crippen LogP contribution in [0.5, 0.6) is 0 Å². The van der Waals surface area contributed by atoms with Gasteiger partial charge in [0, 0.05) is 25.0 Å². The van der Waals surface area contributed by atoms with Crippen LogP contribution in [0.3, 0.4) is 0 Å². The molecule has 0 aromatic carbocycles. The molecule has 0 amide bonds. The molecule has 1 N–H and O–H groups in total. The van der Waals surface area contributed by atoms with Crippen molar-refractivity contribution in [3.8, 4) is 5.40 Å². The van der Waals surface area contributed by atoms with Gasteiger partial charge in [0.25, 0.3) is 0 Å². The summed E-state index contributed by atoms with van der Waals surface area (Å²) in [4.78, 5) is 15.5. The smallest absolute Gasteiger partial charge is 0.147 e. The predicted octanol–water partition coefficient (Wildman–Crippen LogP) is 4.88. The van der Waals surface area contributed by atoms with Crippen molar-refractivity contribution in [2.45, 2.75) is 96.8 Å². The Kier molecular flexibility index (Phi) is 6.67. The normalized spacial score (nSPS) is 48.3. The third kappa shape index (κ3) is 4.07. The Morgan fingerprint density at radius 3 is 2.62 bits per heavy atom. The van der Waals surface area contributed by atoms with E-state index in [1.54, 1.807) is 0 Å². The number of Topliss-reactive ketones (excluding diaryl/α,β-unsaturated/α-hetero) is 1. The number of aliphatic hydroxyl groups excluding tert-OH is 1.